The van der Waals surface area contributed by atoms with Crippen LogP contribution in [0.5, 0.6) is 0 Å². The van der Waals surface area contributed by atoms with Crippen molar-refractivity contribution in [2.45, 2.75) is 0 Å². The molecule has 3 aromatic rings. The Morgan fingerprint density at radius 1 is 1.26 bits per heavy atom. The zero-order valence-electron chi connectivity index (χ0n) is 11.9. The SMILES string of the molecule is CN(CC(=O)Nc1c(Cl)cccc1Cl)c1ccc2nnnn2n1. The molecule has 0 atom stereocenters. The third-order valence-electron chi connectivity index (χ3n) is 3.05. The fourth-order valence-electron chi connectivity index (χ4n) is 1.94. The van der Waals surface area contributed by atoms with Gasteiger partial charge in [0.15, 0.2) is 11.5 Å². The van der Waals surface area contributed by atoms with E-state index >= 15 is 0 Å². The number of halogens is 2. The van der Waals surface area contributed by atoms with Crippen LogP contribution in [0.25, 0.3) is 5.65 Å². The van der Waals surface area contributed by atoms with Crippen LogP contribution in [0.3, 0.4) is 0 Å². The quantitative estimate of drug-likeness (QED) is 0.772. The topological polar surface area (TPSA) is 88.3 Å². The summed E-state index contributed by atoms with van der Waals surface area (Å²) in [5.41, 5.74) is 0.910. The van der Waals surface area contributed by atoms with E-state index in [0.29, 0.717) is 27.2 Å². The summed E-state index contributed by atoms with van der Waals surface area (Å²) >= 11 is 12.1. The molecule has 1 aromatic carbocycles. The summed E-state index contributed by atoms with van der Waals surface area (Å²) in [6.07, 6.45) is 0. The van der Waals surface area contributed by atoms with E-state index in [-0.39, 0.29) is 12.5 Å². The maximum Gasteiger partial charge on any atom is 0.244 e. The second kappa shape index (κ2) is 6.35. The third-order valence-corrected chi connectivity index (χ3v) is 3.68. The normalized spacial score (nSPS) is 10.7. The van der Waals surface area contributed by atoms with E-state index in [4.69, 9.17) is 23.2 Å². The van der Waals surface area contributed by atoms with Crippen LogP contribution in [0.2, 0.25) is 10.0 Å². The van der Waals surface area contributed by atoms with Crippen molar-refractivity contribution in [1.82, 2.24) is 25.3 Å². The highest BCUT2D eigenvalue weighted by molar-refractivity contribution is 6.39. The van der Waals surface area contributed by atoms with Crippen LogP contribution < -0.4 is 10.2 Å². The molecular formula is C13H11Cl2N7O. The maximum atomic E-state index is 12.2. The summed E-state index contributed by atoms with van der Waals surface area (Å²) in [7, 11) is 1.73. The first-order valence-electron chi connectivity index (χ1n) is 6.55. The number of hydrogen-bond acceptors (Lipinski definition) is 6. The number of hydrogen-bond donors (Lipinski definition) is 1. The Kier molecular flexibility index (Phi) is 4.26. The molecule has 118 valence electrons. The number of carbonyl (C=O) groups excluding carboxylic acids is 1. The van der Waals surface area contributed by atoms with Crippen LogP contribution in [0.4, 0.5) is 11.5 Å². The Morgan fingerprint density at radius 3 is 2.74 bits per heavy atom. The third kappa shape index (κ3) is 3.33. The average Bonchev–Trinajstić information content (AvgIpc) is 2.98. The maximum absolute atomic E-state index is 12.2. The summed E-state index contributed by atoms with van der Waals surface area (Å²) in [5.74, 6) is 0.270. The van der Waals surface area contributed by atoms with Gasteiger partial charge in [-0.1, -0.05) is 29.3 Å². The molecule has 0 bridgehead atoms. The van der Waals surface area contributed by atoms with Crippen LogP contribution in [-0.2, 0) is 4.79 Å². The molecule has 0 aliphatic carbocycles. The molecule has 3 rings (SSSR count). The number of amides is 1. The Hall–Kier alpha value is -2.45. The van der Waals surface area contributed by atoms with Crippen LogP contribution in [0.1, 0.15) is 0 Å². The van der Waals surface area contributed by atoms with E-state index in [1.54, 1.807) is 42.3 Å². The number of nitrogens with one attached hydrogen (secondary N) is 1. The Morgan fingerprint density at radius 2 is 2.00 bits per heavy atom. The van der Waals surface area contributed by atoms with Crippen LogP contribution in [0.15, 0.2) is 30.3 Å². The minimum Gasteiger partial charge on any atom is -0.349 e. The van der Waals surface area contributed by atoms with Crippen LogP contribution >= 0.6 is 23.2 Å². The zero-order valence-corrected chi connectivity index (χ0v) is 13.5. The summed E-state index contributed by atoms with van der Waals surface area (Å²) in [6, 6.07) is 8.45. The first-order valence-corrected chi connectivity index (χ1v) is 7.30. The number of tetrazole rings is 1. The minimum absolute atomic E-state index is 0.0577. The molecule has 0 aliphatic rings. The number of anilines is 2. The first kappa shape index (κ1) is 15.4. The summed E-state index contributed by atoms with van der Waals surface area (Å²) in [4.78, 5) is 13.8. The van der Waals surface area contributed by atoms with E-state index < -0.39 is 0 Å². The molecule has 2 heterocycles. The van der Waals surface area contributed by atoms with Gasteiger partial charge in [-0.15, -0.1) is 14.8 Å². The van der Waals surface area contributed by atoms with Gasteiger partial charge in [-0.3, -0.25) is 4.79 Å². The van der Waals surface area contributed by atoms with E-state index in [2.05, 4.69) is 25.9 Å². The lowest BCUT2D eigenvalue weighted by Gasteiger charge is -2.17. The number of fused-ring (bicyclic) bond motifs is 1. The van der Waals surface area contributed by atoms with Crippen LogP contribution in [-0.4, -0.2) is 44.8 Å². The van der Waals surface area contributed by atoms with Crippen molar-refractivity contribution >= 4 is 46.3 Å². The Labute approximate surface area is 141 Å². The first-order chi connectivity index (χ1) is 11.0. The highest BCUT2D eigenvalue weighted by atomic mass is 35.5. The highest BCUT2D eigenvalue weighted by Crippen LogP contribution is 2.29. The van der Waals surface area contributed by atoms with E-state index in [1.165, 1.54) is 4.63 Å². The van der Waals surface area contributed by atoms with Gasteiger partial charge in [-0.25, -0.2) is 0 Å². The fourth-order valence-corrected chi connectivity index (χ4v) is 2.43. The number of carbonyl (C=O) groups is 1. The van der Waals surface area contributed by atoms with Gasteiger partial charge < -0.3 is 10.2 Å². The standard InChI is InChI=1S/C13H11Cl2N7O/c1-21(11-6-5-10-17-19-20-22(10)18-11)7-12(23)16-13-8(14)3-2-4-9(13)15/h2-6H,7H2,1H3,(H,16,23). The summed E-state index contributed by atoms with van der Waals surface area (Å²) < 4.78 is 1.29. The lowest BCUT2D eigenvalue weighted by Crippen LogP contribution is -2.31. The lowest BCUT2D eigenvalue weighted by atomic mass is 10.3. The van der Waals surface area contributed by atoms with Crippen molar-refractivity contribution in [2.75, 3.05) is 23.8 Å². The zero-order chi connectivity index (χ0) is 16.4. The van der Waals surface area contributed by atoms with Crippen molar-refractivity contribution in [3.63, 3.8) is 0 Å². The number of likely N-dealkylation sites (N-methyl/N-ethyl adjacent to an activating group) is 1. The van der Waals surface area contributed by atoms with Gasteiger partial charge in [0.05, 0.1) is 22.3 Å². The molecule has 0 fully saturated rings. The molecule has 0 radical (unpaired) electrons. The van der Waals surface area contributed by atoms with Gasteiger partial charge in [-0.2, -0.15) is 0 Å². The Bertz CT molecular complexity index is 846. The molecule has 0 unspecified atom stereocenters. The van der Waals surface area contributed by atoms with E-state index in [9.17, 15) is 4.79 Å². The van der Waals surface area contributed by atoms with E-state index in [1.807, 2.05) is 0 Å². The molecule has 23 heavy (non-hydrogen) atoms. The lowest BCUT2D eigenvalue weighted by molar-refractivity contribution is -0.114. The molecule has 0 aliphatic heterocycles. The number of para-hydroxylation sites is 1. The molecular weight excluding hydrogens is 341 g/mol. The van der Waals surface area contributed by atoms with Gasteiger partial charge in [0.2, 0.25) is 5.91 Å². The van der Waals surface area contributed by atoms with Crippen molar-refractivity contribution in [1.29, 1.82) is 0 Å². The molecule has 0 saturated heterocycles. The van der Waals surface area contributed by atoms with Crippen LogP contribution in [0, 0.1) is 0 Å². The summed E-state index contributed by atoms with van der Waals surface area (Å²) in [6.45, 7) is 0.0577. The molecule has 1 N–H and O–H groups in total. The van der Waals surface area contributed by atoms with Crippen molar-refractivity contribution in [3.8, 4) is 0 Å². The predicted octanol–water partition coefficient (Wildman–Crippen LogP) is 1.90. The molecule has 1 amide bonds. The number of aromatic nitrogens is 5. The smallest absolute Gasteiger partial charge is 0.244 e. The minimum atomic E-state index is -0.277. The van der Waals surface area contributed by atoms with Gasteiger partial charge in [0.1, 0.15) is 0 Å². The van der Waals surface area contributed by atoms with Crippen molar-refractivity contribution < 1.29 is 4.79 Å². The van der Waals surface area contributed by atoms with Gasteiger partial charge in [0, 0.05) is 7.05 Å². The average molecular weight is 352 g/mol. The molecule has 0 spiro atoms. The van der Waals surface area contributed by atoms with E-state index in [0.717, 1.165) is 0 Å². The van der Waals surface area contributed by atoms with Gasteiger partial charge >= 0.3 is 0 Å². The second-order valence-electron chi connectivity index (χ2n) is 4.72. The highest BCUT2D eigenvalue weighted by Gasteiger charge is 2.13. The van der Waals surface area contributed by atoms with Gasteiger partial charge in [-0.05, 0) is 34.7 Å². The van der Waals surface area contributed by atoms with Crippen molar-refractivity contribution in [2.24, 2.45) is 0 Å². The van der Waals surface area contributed by atoms with Crippen molar-refractivity contribution in [3.05, 3.63) is 40.4 Å². The largest absolute Gasteiger partial charge is 0.349 e. The second-order valence-corrected chi connectivity index (χ2v) is 5.53. The molecule has 2 aromatic heterocycles. The number of nitrogens with zero attached hydrogens (tertiary/aromatic N) is 6. The summed E-state index contributed by atoms with van der Waals surface area (Å²) in [5, 5.41) is 18.6. The number of benzene rings is 1. The predicted molar refractivity (Wildman–Crippen MR) is 86.9 cm³/mol. The molecule has 8 nitrogen and oxygen atoms in total. The molecule has 10 heteroatoms. The number of rotatable bonds is 4. The Balaban J connectivity index is 1.71. The van der Waals surface area contributed by atoms with Gasteiger partial charge in [0.25, 0.3) is 0 Å². The molecule has 0 saturated carbocycles. The fraction of sp³-hybridized carbons (Fsp3) is 0.154. The monoisotopic (exact) mass is 351 g/mol.